The number of amides is 2. The molecule has 2 amide bonds. The Hall–Kier alpha value is -4.27. The molecule has 9 heteroatoms. The zero-order valence-electron chi connectivity index (χ0n) is 20.0. The summed E-state index contributed by atoms with van der Waals surface area (Å²) < 4.78 is 6.06. The molecule has 2 aliphatic heterocycles. The van der Waals surface area contributed by atoms with Gasteiger partial charge >= 0.3 is 0 Å². The molecule has 7 rings (SSSR count). The van der Waals surface area contributed by atoms with Crippen LogP contribution < -0.4 is 15.2 Å². The number of nitrogens with zero attached hydrogens (tertiary/aromatic N) is 3. The fraction of sp³-hybridized carbons (Fsp3) is 0.103. The number of fused-ring (bicyclic) bond motifs is 5. The maximum absolute atomic E-state index is 14.8. The number of para-hydroxylation sites is 1. The lowest BCUT2D eigenvalue weighted by molar-refractivity contribution is -0.121. The minimum absolute atomic E-state index is 0.0165. The molecule has 2 aromatic heterocycles. The number of thiazole rings is 1. The highest BCUT2D eigenvalue weighted by Crippen LogP contribution is 2.54. The fourth-order valence-electron chi connectivity index (χ4n) is 5.58. The average Bonchev–Trinajstić information content (AvgIpc) is 3.59. The Kier molecular flexibility index (Phi) is 4.89. The van der Waals surface area contributed by atoms with Crippen molar-refractivity contribution in [3.05, 3.63) is 122 Å². The minimum Gasteiger partial charge on any atom is -0.450 e. The van der Waals surface area contributed by atoms with Crippen LogP contribution >= 0.6 is 22.9 Å². The molecule has 0 bridgehead atoms. The number of carbonyl (C=O) groups is 2. The van der Waals surface area contributed by atoms with Crippen molar-refractivity contribution in [1.29, 1.82) is 0 Å². The summed E-state index contributed by atoms with van der Waals surface area (Å²) in [6, 6.07) is 19.7. The first kappa shape index (κ1) is 22.9. The van der Waals surface area contributed by atoms with Crippen LogP contribution in [0.15, 0.2) is 87.5 Å². The molecule has 38 heavy (non-hydrogen) atoms. The average molecular weight is 540 g/mol. The van der Waals surface area contributed by atoms with Crippen molar-refractivity contribution in [2.24, 2.45) is 0 Å². The van der Waals surface area contributed by atoms with Crippen molar-refractivity contribution in [1.82, 2.24) is 4.98 Å². The van der Waals surface area contributed by atoms with Crippen LogP contribution in [0.25, 0.3) is 11.0 Å². The van der Waals surface area contributed by atoms with Crippen molar-refractivity contribution < 1.29 is 14.0 Å². The van der Waals surface area contributed by atoms with E-state index in [9.17, 15) is 14.4 Å². The molecule has 3 aromatic carbocycles. The summed E-state index contributed by atoms with van der Waals surface area (Å²) in [5, 5.41) is 2.57. The van der Waals surface area contributed by atoms with Crippen molar-refractivity contribution in [3.8, 4) is 0 Å². The second-order valence-electron chi connectivity index (χ2n) is 9.28. The predicted octanol–water partition coefficient (Wildman–Crippen LogP) is 5.66. The lowest BCUT2D eigenvalue weighted by Crippen LogP contribution is -2.53. The Balaban J connectivity index is 1.57. The van der Waals surface area contributed by atoms with Crippen LogP contribution in [0.2, 0.25) is 5.02 Å². The van der Waals surface area contributed by atoms with Gasteiger partial charge in [0.25, 0.3) is 11.8 Å². The number of benzene rings is 3. The summed E-state index contributed by atoms with van der Waals surface area (Å²) in [4.78, 5) is 50.4. The maximum atomic E-state index is 14.8. The highest BCUT2D eigenvalue weighted by Gasteiger charge is 2.66. The number of carbonyl (C=O) groups excluding carboxylic acids is 2. The van der Waals surface area contributed by atoms with Crippen molar-refractivity contribution in [2.45, 2.75) is 19.0 Å². The van der Waals surface area contributed by atoms with Crippen LogP contribution in [0, 0.1) is 6.92 Å². The topological polar surface area (TPSA) is 83.7 Å². The van der Waals surface area contributed by atoms with Gasteiger partial charge in [-0.3, -0.25) is 19.3 Å². The summed E-state index contributed by atoms with van der Waals surface area (Å²) >= 11 is 7.44. The van der Waals surface area contributed by atoms with E-state index >= 15 is 0 Å². The molecule has 1 spiro atoms. The largest absolute Gasteiger partial charge is 0.450 e. The molecule has 5 aromatic rings. The summed E-state index contributed by atoms with van der Waals surface area (Å²) in [5.74, 6) is -1.18. The van der Waals surface area contributed by atoms with E-state index in [1.165, 1.54) is 22.3 Å². The molecule has 0 radical (unpaired) electrons. The maximum Gasteiger partial charge on any atom is 0.297 e. The van der Waals surface area contributed by atoms with Crippen molar-refractivity contribution in [2.75, 3.05) is 9.80 Å². The zero-order chi connectivity index (χ0) is 26.2. The lowest BCUT2D eigenvalue weighted by Gasteiger charge is -2.32. The quantitative estimate of drug-likeness (QED) is 0.295. The Morgan fingerprint density at radius 1 is 1.03 bits per heavy atom. The number of hydrogen-bond donors (Lipinski definition) is 0. The van der Waals surface area contributed by atoms with E-state index in [2.05, 4.69) is 4.98 Å². The van der Waals surface area contributed by atoms with Crippen LogP contribution in [0.5, 0.6) is 0 Å². The highest BCUT2D eigenvalue weighted by molar-refractivity contribution is 7.13. The second-order valence-corrected chi connectivity index (χ2v) is 10.6. The number of aromatic nitrogens is 1. The molecule has 0 aliphatic carbocycles. The van der Waals surface area contributed by atoms with Gasteiger partial charge < -0.3 is 9.32 Å². The van der Waals surface area contributed by atoms with Gasteiger partial charge in [-0.15, -0.1) is 11.3 Å². The van der Waals surface area contributed by atoms with Crippen LogP contribution in [0.1, 0.15) is 32.8 Å². The minimum atomic E-state index is -1.78. The van der Waals surface area contributed by atoms with Crippen LogP contribution in [-0.4, -0.2) is 16.8 Å². The third-order valence-electron chi connectivity index (χ3n) is 7.29. The molecule has 2 aliphatic rings. The Bertz CT molecular complexity index is 1870. The van der Waals surface area contributed by atoms with Crippen molar-refractivity contribution >= 4 is 56.5 Å². The number of rotatable bonds is 3. The monoisotopic (exact) mass is 539 g/mol. The van der Waals surface area contributed by atoms with Gasteiger partial charge in [0, 0.05) is 22.2 Å². The first-order valence-electron chi connectivity index (χ1n) is 11.9. The Morgan fingerprint density at radius 2 is 1.82 bits per heavy atom. The van der Waals surface area contributed by atoms with E-state index in [-0.39, 0.29) is 28.8 Å². The lowest BCUT2D eigenvalue weighted by atomic mass is 9.84. The van der Waals surface area contributed by atoms with Gasteiger partial charge in [0.05, 0.1) is 23.2 Å². The zero-order valence-corrected chi connectivity index (χ0v) is 21.5. The SMILES string of the molecule is Cc1ccccc1CN1C(=O)C2(c3ccccc31)c1c(oc3ccc(Cl)cc3c1=O)C(=O)N2c1nccs1. The molecule has 1 unspecified atom stereocenters. The molecule has 4 heterocycles. The molecule has 0 N–H and O–H groups in total. The summed E-state index contributed by atoms with van der Waals surface area (Å²) in [5.41, 5.74) is 1.07. The smallest absolute Gasteiger partial charge is 0.297 e. The molecule has 186 valence electrons. The normalized spacial score (nSPS) is 18.1. The number of aryl methyl sites for hydroxylation is 1. The van der Waals surface area contributed by atoms with Gasteiger partial charge in [0.1, 0.15) is 5.58 Å². The standard InChI is InChI=1S/C29H18ClN3O4S/c1-16-6-2-3-7-17(16)15-32-21-9-5-4-8-20(21)29(27(32)36)23-24(34)19-14-18(30)10-11-22(19)37-25(23)26(35)33(29)28-31-12-13-38-28/h2-14H,15H2,1H3. The van der Waals surface area contributed by atoms with Gasteiger partial charge in [0.15, 0.2) is 16.1 Å². The molecule has 1 atom stereocenters. The van der Waals surface area contributed by atoms with Crippen molar-refractivity contribution in [3.63, 3.8) is 0 Å². The van der Waals surface area contributed by atoms with Crippen LogP contribution in [0.4, 0.5) is 10.8 Å². The summed E-state index contributed by atoms with van der Waals surface area (Å²) in [6.45, 7) is 2.25. The van der Waals surface area contributed by atoms with Crippen LogP contribution in [0.3, 0.4) is 0 Å². The number of anilines is 2. The predicted molar refractivity (Wildman–Crippen MR) is 146 cm³/mol. The summed E-state index contributed by atoms with van der Waals surface area (Å²) in [6.07, 6.45) is 1.56. The number of hydrogen-bond acceptors (Lipinski definition) is 6. The third-order valence-corrected chi connectivity index (χ3v) is 8.28. The van der Waals surface area contributed by atoms with Crippen LogP contribution in [-0.2, 0) is 16.9 Å². The van der Waals surface area contributed by atoms with E-state index in [0.29, 0.717) is 21.4 Å². The third kappa shape index (κ3) is 2.90. The summed E-state index contributed by atoms with van der Waals surface area (Å²) in [7, 11) is 0. The Labute approximate surface area is 225 Å². The first-order valence-corrected chi connectivity index (χ1v) is 13.2. The van der Waals surface area contributed by atoms with E-state index in [1.54, 1.807) is 40.7 Å². The van der Waals surface area contributed by atoms with Gasteiger partial charge in [-0.05, 0) is 42.3 Å². The molecule has 0 fully saturated rings. The number of halogens is 1. The van der Waals surface area contributed by atoms with E-state index in [4.69, 9.17) is 16.0 Å². The van der Waals surface area contributed by atoms with E-state index < -0.39 is 22.8 Å². The van der Waals surface area contributed by atoms with Gasteiger partial charge in [-0.25, -0.2) is 4.98 Å². The fourth-order valence-corrected chi connectivity index (χ4v) is 6.44. The van der Waals surface area contributed by atoms with Gasteiger partial charge in [-0.2, -0.15) is 0 Å². The first-order chi connectivity index (χ1) is 18.4. The van der Waals surface area contributed by atoms with Gasteiger partial charge in [-0.1, -0.05) is 54.1 Å². The molecule has 0 saturated carbocycles. The highest BCUT2D eigenvalue weighted by atomic mass is 35.5. The second kappa shape index (κ2) is 8.11. The molecule has 0 saturated heterocycles. The van der Waals surface area contributed by atoms with E-state index in [1.807, 2.05) is 43.3 Å². The molecular weight excluding hydrogens is 522 g/mol. The molecular formula is C29H18ClN3O4S. The Morgan fingerprint density at radius 3 is 2.61 bits per heavy atom. The van der Waals surface area contributed by atoms with E-state index in [0.717, 1.165) is 11.1 Å². The molecule has 7 nitrogen and oxygen atoms in total. The van der Waals surface area contributed by atoms with Gasteiger partial charge in [0.2, 0.25) is 5.76 Å².